The zero-order valence-corrected chi connectivity index (χ0v) is 13.1. The van der Waals surface area contributed by atoms with Crippen molar-refractivity contribution in [1.29, 1.82) is 0 Å². The predicted molar refractivity (Wildman–Crippen MR) is 82.4 cm³/mol. The minimum atomic E-state index is -0.0666. The molecule has 1 aliphatic heterocycles. The van der Waals surface area contributed by atoms with Crippen LogP contribution in [0.5, 0.6) is 5.75 Å². The lowest BCUT2D eigenvalue weighted by molar-refractivity contribution is -0.135. The molecule has 1 N–H and O–H groups in total. The van der Waals surface area contributed by atoms with Crippen LogP contribution in [0.1, 0.15) is 38.7 Å². The number of carbonyl (C=O) groups excluding carboxylic acids is 1. The summed E-state index contributed by atoms with van der Waals surface area (Å²) >= 11 is 0. The number of hydrogen-bond acceptors (Lipinski definition) is 3. The Labute approximate surface area is 126 Å². The first-order chi connectivity index (χ1) is 10.0. The Hall–Kier alpha value is -1.55. The maximum Gasteiger partial charge on any atom is 0.260 e. The number of rotatable bonds is 5. The number of amides is 1. The lowest BCUT2D eigenvalue weighted by atomic mass is 10.0. The van der Waals surface area contributed by atoms with Crippen LogP contribution in [0.4, 0.5) is 0 Å². The molecule has 1 aromatic carbocycles. The summed E-state index contributed by atoms with van der Waals surface area (Å²) in [6, 6.07) is 7.79. The van der Waals surface area contributed by atoms with Crippen LogP contribution in [0.3, 0.4) is 0 Å². The summed E-state index contributed by atoms with van der Waals surface area (Å²) in [5.74, 6) is 1.46. The van der Waals surface area contributed by atoms with Crippen molar-refractivity contribution in [3.05, 3.63) is 29.8 Å². The van der Waals surface area contributed by atoms with Crippen molar-refractivity contribution >= 4 is 5.91 Å². The number of ether oxygens (including phenoxy) is 1. The fraction of sp³-hybridized carbons (Fsp3) is 0.588. The molecule has 1 heterocycles. The van der Waals surface area contributed by atoms with E-state index in [9.17, 15) is 9.90 Å². The molecule has 116 valence electrons. The molecule has 2 unspecified atom stereocenters. The van der Waals surface area contributed by atoms with Gasteiger partial charge in [0, 0.05) is 6.54 Å². The van der Waals surface area contributed by atoms with Crippen LogP contribution in [0.25, 0.3) is 0 Å². The molecule has 0 spiro atoms. The summed E-state index contributed by atoms with van der Waals surface area (Å²) in [6.07, 6.45) is 0.944. The van der Waals surface area contributed by atoms with E-state index in [-0.39, 0.29) is 25.2 Å². The van der Waals surface area contributed by atoms with E-state index in [1.807, 2.05) is 18.2 Å². The van der Waals surface area contributed by atoms with Crippen molar-refractivity contribution in [2.45, 2.75) is 39.2 Å². The highest BCUT2D eigenvalue weighted by atomic mass is 16.5. The van der Waals surface area contributed by atoms with Crippen LogP contribution in [-0.4, -0.2) is 41.7 Å². The third kappa shape index (κ3) is 3.76. The zero-order chi connectivity index (χ0) is 15.4. The molecule has 1 aromatic rings. The Morgan fingerprint density at radius 2 is 2.24 bits per heavy atom. The Kier molecular flexibility index (Phi) is 5.23. The monoisotopic (exact) mass is 291 g/mol. The van der Waals surface area contributed by atoms with Gasteiger partial charge in [0.05, 0.1) is 12.6 Å². The molecule has 2 rings (SSSR count). The second kappa shape index (κ2) is 6.94. The van der Waals surface area contributed by atoms with Crippen molar-refractivity contribution in [2.24, 2.45) is 5.92 Å². The van der Waals surface area contributed by atoms with Gasteiger partial charge in [-0.15, -0.1) is 0 Å². The van der Waals surface area contributed by atoms with E-state index in [0.29, 0.717) is 18.4 Å². The molecule has 0 aromatic heterocycles. The Balaban J connectivity index is 1.93. The van der Waals surface area contributed by atoms with Crippen LogP contribution in [-0.2, 0) is 4.79 Å². The van der Waals surface area contributed by atoms with Crippen LogP contribution in [0.2, 0.25) is 0 Å². The van der Waals surface area contributed by atoms with Gasteiger partial charge >= 0.3 is 0 Å². The molecule has 1 saturated heterocycles. The van der Waals surface area contributed by atoms with E-state index < -0.39 is 0 Å². The highest BCUT2D eigenvalue weighted by Crippen LogP contribution is 2.24. The van der Waals surface area contributed by atoms with E-state index >= 15 is 0 Å². The lowest BCUT2D eigenvalue weighted by Crippen LogP contribution is -2.42. The maximum absolute atomic E-state index is 12.2. The highest BCUT2D eigenvalue weighted by molar-refractivity contribution is 5.78. The first-order valence-corrected chi connectivity index (χ1v) is 7.66. The summed E-state index contributed by atoms with van der Waals surface area (Å²) in [7, 11) is 0. The quantitative estimate of drug-likeness (QED) is 0.906. The van der Waals surface area contributed by atoms with Crippen molar-refractivity contribution < 1.29 is 14.6 Å². The van der Waals surface area contributed by atoms with E-state index in [0.717, 1.165) is 12.2 Å². The first-order valence-electron chi connectivity index (χ1n) is 7.66. The van der Waals surface area contributed by atoms with Gasteiger partial charge in [-0.3, -0.25) is 4.79 Å². The summed E-state index contributed by atoms with van der Waals surface area (Å²) in [5, 5.41) is 9.40. The average Bonchev–Trinajstić information content (AvgIpc) is 2.86. The van der Waals surface area contributed by atoms with Crippen molar-refractivity contribution in [2.75, 3.05) is 19.8 Å². The van der Waals surface area contributed by atoms with Gasteiger partial charge in [0.1, 0.15) is 5.75 Å². The summed E-state index contributed by atoms with van der Waals surface area (Å²) in [4.78, 5) is 14.0. The molecule has 0 bridgehead atoms. The van der Waals surface area contributed by atoms with E-state index in [1.54, 1.807) is 4.90 Å². The molecule has 21 heavy (non-hydrogen) atoms. The van der Waals surface area contributed by atoms with Gasteiger partial charge in [-0.25, -0.2) is 0 Å². The second-order valence-corrected chi connectivity index (χ2v) is 6.12. The maximum atomic E-state index is 12.2. The summed E-state index contributed by atoms with van der Waals surface area (Å²) < 4.78 is 5.63. The van der Waals surface area contributed by atoms with E-state index in [4.69, 9.17) is 4.74 Å². The Bertz CT molecular complexity index is 487. The second-order valence-electron chi connectivity index (χ2n) is 6.12. The third-order valence-electron chi connectivity index (χ3n) is 4.28. The number of likely N-dealkylation sites (tertiary alicyclic amines) is 1. The normalized spacial score (nSPS) is 21.9. The number of aliphatic hydroxyl groups is 1. The van der Waals surface area contributed by atoms with Gasteiger partial charge in [-0.05, 0) is 36.0 Å². The average molecular weight is 291 g/mol. The van der Waals surface area contributed by atoms with Crippen molar-refractivity contribution in [3.63, 3.8) is 0 Å². The van der Waals surface area contributed by atoms with Crippen LogP contribution < -0.4 is 4.74 Å². The zero-order valence-electron chi connectivity index (χ0n) is 13.1. The van der Waals surface area contributed by atoms with Gasteiger partial charge in [0.25, 0.3) is 5.91 Å². The SMILES string of the molecule is CC(C)c1cccc(OCC(=O)N2CCC(C)C2CO)c1. The number of hydrogen-bond donors (Lipinski definition) is 1. The predicted octanol–water partition coefficient (Wildman–Crippen LogP) is 2.42. The third-order valence-corrected chi connectivity index (χ3v) is 4.28. The molecule has 2 atom stereocenters. The number of benzene rings is 1. The largest absolute Gasteiger partial charge is 0.484 e. The van der Waals surface area contributed by atoms with Gasteiger partial charge < -0.3 is 14.7 Å². The molecule has 1 amide bonds. The first kappa shape index (κ1) is 15.8. The molecule has 1 aliphatic rings. The van der Waals surface area contributed by atoms with Gasteiger partial charge in [-0.1, -0.05) is 32.9 Å². The smallest absolute Gasteiger partial charge is 0.260 e. The highest BCUT2D eigenvalue weighted by Gasteiger charge is 2.33. The molecular weight excluding hydrogens is 266 g/mol. The summed E-state index contributed by atoms with van der Waals surface area (Å²) in [6.45, 7) is 7.09. The minimum Gasteiger partial charge on any atom is -0.484 e. The van der Waals surface area contributed by atoms with Crippen molar-refractivity contribution in [1.82, 2.24) is 4.90 Å². The number of aliphatic hydroxyl groups excluding tert-OH is 1. The molecule has 0 aliphatic carbocycles. The molecule has 4 nitrogen and oxygen atoms in total. The van der Waals surface area contributed by atoms with Gasteiger partial charge in [0.2, 0.25) is 0 Å². The summed E-state index contributed by atoms with van der Waals surface area (Å²) in [5.41, 5.74) is 1.20. The van der Waals surface area contributed by atoms with Gasteiger partial charge in [0.15, 0.2) is 6.61 Å². The van der Waals surface area contributed by atoms with Crippen LogP contribution in [0.15, 0.2) is 24.3 Å². The van der Waals surface area contributed by atoms with Gasteiger partial charge in [-0.2, -0.15) is 0 Å². The fourth-order valence-corrected chi connectivity index (χ4v) is 2.79. The molecule has 1 fully saturated rings. The molecule has 0 saturated carbocycles. The lowest BCUT2D eigenvalue weighted by Gasteiger charge is -2.25. The molecule has 4 heteroatoms. The fourth-order valence-electron chi connectivity index (χ4n) is 2.79. The number of carbonyl (C=O) groups is 1. The standard InChI is InChI=1S/C17H25NO3/c1-12(2)14-5-4-6-15(9-14)21-11-17(20)18-8-7-13(3)16(18)10-19/h4-6,9,12-13,16,19H,7-8,10-11H2,1-3H3. The van der Waals surface area contributed by atoms with Crippen LogP contribution in [0, 0.1) is 5.92 Å². The molecular formula is C17H25NO3. The van der Waals surface area contributed by atoms with E-state index in [2.05, 4.69) is 26.8 Å². The van der Waals surface area contributed by atoms with Crippen molar-refractivity contribution in [3.8, 4) is 5.75 Å². The Morgan fingerprint density at radius 3 is 2.90 bits per heavy atom. The molecule has 0 radical (unpaired) electrons. The minimum absolute atomic E-state index is 0.0236. The topological polar surface area (TPSA) is 49.8 Å². The van der Waals surface area contributed by atoms with E-state index in [1.165, 1.54) is 5.56 Å². The number of nitrogens with zero attached hydrogens (tertiary/aromatic N) is 1. The Morgan fingerprint density at radius 1 is 1.48 bits per heavy atom. The van der Waals surface area contributed by atoms with Crippen LogP contribution >= 0.6 is 0 Å².